The Morgan fingerprint density at radius 1 is 1.47 bits per heavy atom. The molecule has 3 nitrogen and oxygen atoms in total. The van der Waals surface area contributed by atoms with Crippen molar-refractivity contribution in [1.82, 2.24) is 10.3 Å². The van der Waals surface area contributed by atoms with Gasteiger partial charge in [0.2, 0.25) is 0 Å². The normalized spacial score (nSPS) is 20.4. The van der Waals surface area contributed by atoms with Crippen LogP contribution in [0.1, 0.15) is 18.4 Å². The fourth-order valence-electron chi connectivity index (χ4n) is 2.18. The Balaban J connectivity index is 2.20. The monoisotopic (exact) mass is 293 g/mol. The van der Waals surface area contributed by atoms with Gasteiger partial charge in [0.15, 0.2) is 0 Å². The summed E-state index contributed by atoms with van der Waals surface area (Å²) in [6, 6.07) is 1.13. The van der Waals surface area contributed by atoms with Crippen LogP contribution in [-0.2, 0) is 6.18 Å². The Hall–Kier alpha value is -1.01. The summed E-state index contributed by atoms with van der Waals surface area (Å²) in [6.45, 7) is 1.76. The zero-order valence-electron chi connectivity index (χ0n) is 10.5. The highest BCUT2D eigenvalue weighted by Crippen LogP contribution is 2.33. The number of pyridine rings is 1. The van der Waals surface area contributed by atoms with Crippen molar-refractivity contribution in [2.75, 3.05) is 25.0 Å². The lowest BCUT2D eigenvalue weighted by Gasteiger charge is -2.33. The molecule has 0 aromatic carbocycles. The van der Waals surface area contributed by atoms with E-state index in [-0.39, 0.29) is 11.1 Å². The van der Waals surface area contributed by atoms with Crippen molar-refractivity contribution in [1.29, 1.82) is 0 Å². The molecular weight excluding hydrogens is 279 g/mol. The van der Waals surface area contributed by atoms with Crippen LogP contribution < -0.4 is 10.2 Å². The molecule has 0 bridgehead atoms. The van der Waals surface area contributed by atoms with E-state index in [2.05, 4.69) is 10.3 Å². The second-order valence-electron chi connectivity index (χ2n) is 4.64. The molecule has 1 aliphatic heterocycles. The van der Waals surface area contributed by atoms with Crippen molar-refractivity contribution in [2.45, 2.75) is 25.1 Å². The molecule has 7 heteroatoms. The summed E-state index contributed by atoms with van der Waals surface area (Å²) >= 11 is 5.92. The van der Waals surface area contributed by atoms with E-state index in [4.69, 9.17) is 11.6 Å². The van der Waals surface area contributed by atoms with Gasteiger partial charge >= 0.3 is 6.18 Å². The molecule has 1 saturated heterocycles. The molecule has 1 aromatic heterocycles. The third-order valence-corrected chi connectivity index (χ3v) is 3.58. The second-order valence-corrected chi connectivity index (χ2v) is 5.05. The largest absolute Gasteiger partial charge is 0.417 e. The molecule has 0 radical (unpaired) electrons. The molecule has 0 aliphatic carbocycles. The third kappa shape index (κ3) is 3.30. The van der Waals surface area contributed by atoms with Gasteiger partial charge in [0.05, 0.1) is 10.6 Å². The first-order valence-electron chi connectivity index (χ1n) is 6.06. The first-order valence-corrected chi connectivity index (χ1v) is 6.43. The topological polar surface area (TPSA) is 28.2 Å². The maximum absolute atomic E-state index is 12.5. The van der Waals surface area contributed by atoms with E-state index in [1.165, 1.54) is 0 Å². The maximum Gasteiger partial charge on any atom is 0.417 e. The van der Waals surface area contributed by atoms with Crippen LogP contribution >= 0.6 is 11.6 Å². The number of hydrogen-bond acceptors (Lipinski definition) is 3. The van der Waals surface area contributed by atoms with Crippen LogP contribution in [0.5, 0.6) is 0 Å². The third-order valence-electron chi connectivity index (χ3n) is 3.30. The predicted octanol–water partition coefficient (Wildman–Crippen LogP) is 2.94. The zero-order chi connectivity index (χ0) is 14.0. The van der Waals surface area contributed by atoms with Crippen LogP contribution in [0.15, 0.2) is 12.3 Å². The van der Waals surface area contributed by atoms with Crippen LogP contribution in [0.2, 0.25) is 5.02 Å². The minimum atomic E-state index is -4.42. The summed E-state index contributed by atoms with van der Waals surface area (Å²) in [4.78, 5) is 5.71. The van der Waals surface area contributed by atoms with Crippen molar-refractivity contribution in [3.8, 4) is 0 Å². The number of piperidine rings is 1. The predicted molar refractivity (Wildman–Crippen MR) is 68.5 cm³/mol. The molecule has 1 unspecified atom stereocenters. The lowest BCUT2D eigenvalue weighted by Crippen LogP contribution is -2.44. The number of hydrogen-bond donors (Lipinski definition) is 1. The molecule has 1 fully saturated rings. The van der Waals surface area contributed by atoms with Gasteiger partial charge in [-0.1, -0.05) is 11.6 Å². The number of nitrogens with zero attached hydrogens (tertiary/aromatic N) is 2. The van der Waals surface area contributed by atoms with E-state index in [9.17, 15) is 13.2 Å². The molecule has 106 valence electrons. The lowest BCUT2D eigenvalue weighted by atomic mass is 10.1. The van der Waals surface area contributed by atoms with Crippen molar-refractivity contribution in [3.63, 3.8) is 0 Å². The summed E-state index contributed by atoms with van der Waals surface area (Å²) in [7, 11) is 1.80. The van der Waals surface area contributed by atoms with Gasteiger partial charge in [-0.05, 0) is 25.5 Å². The number of rotatable bonds is 2. The van der Waals surface area contributed by atoms with E-state index in [1.807, 2.05) is 4.90 Å². The Kier molecular flexibility index (Phi) is 4.20. The molecule has 0 amide bonds. The molecule has 1 atom stereocenters. The molecule has 2 rings (SSSR count). The van der Waals surface area contributed by atoms with Gasteiger partial charge in [0, 0.05) is 25.8 Å². The van der Waals surface area contributed by atoms with E-state index in [0.717, 1.165) is 38.2 Å². The average molecular weight is 294 g/mol. The minimum absolute atomic E-state index is 0.0305. The van der Waals surface area contributed by atoms with Gasteiger partial charge in [0.25, 0.3) is 0 Å². The van der Waals surface area contributed by atoms with Crippen LogP contribution in [0, 0.1) is 0 Å². The van der Waals surface area contributed by atoms with Gasteiger partial charge in [-0.3, -0.25) is 0 Å². The number of anilines is 1. The van der Waals surface area contributed by atoms with Crippen molar-refractivity contribution in [2.24, 2.45) is 0 Å². The van der Waals surface area contributed by atoms with Crippen LogP contribution in [0.25, 0.3) is 0 Å². The summed E-state index contributed by atoms with van der Waals surface area (Å²) in [5, 5.41) is 3.28. The van der Waals surface area contributed by atoms with Crippen molar-refractivity contribution < 1.29 is 13.2 Å². The maximum atomic E-state index is 12.5. The van der Waals surface area contributed by atoms with E-state index in [1.54, 1.807) is 7.05 Å². The molecule has 1 aliphatic rings. The van der Waals surface area contributed by atoms with Crippen LogP contribution in [0.3, 0.4) is 0 Å². The fraction of sp³-hybridized carbons (Fsp3) is 0.583. The highest BCUT2D eigenvalue weighted by Gasteiger charge is 2.32. The first-order chi connectivity index (χ1) is 8.89. The smallest absolute Gasteiger partial charge is 0.354 e. The van der Waals surface area contributed by atoms with E-state index >= 15 is 0 Å². The van der Waals surface area contributed by atoms with Gasteiger partial charge in [-0.2, -0.15) is 13.2 Å². The summed E-state index contributed by atoms with van der Waals surface area (Å²) in [6.07, 6.45) is -1.58. The standard InChI is InChI=1S/C12H15ClF3N3/c1-19(9-3-2-4-17-7-9)11-10(13)5-8(6-18-11)12(14,15)16/h5-6,9,17H,2-4,7H2,1H3. The van der Waals surface area contributed by atoms with Crippen LogP contribution in [-0.4, -0.2) is 31.2 Å². The van der Waals surface area contributed by atoms with Gasteiger partial charge in [0.1, 0.15) is 5.82 Å². The lowest BCUT2D eigenvalue weighted by molar-refractivity contribution is -0.137. The quantitative estimate of drug-likeness (QED) is 0.909. The highest BCUT2D eigenvalue weighted by atomic mass is 35.5. The van der Waals surface area contributed by atoms with Crippen molar-refractivity contribution in [3.05, 3.63) is 22.8 Å². The van der Waals surface area contributed by atoms with Gasteiger partial charge in [-0.25, -0.2) is 4.98 Å². The second kappa shape index (κ2) is 5.54. The number of halogens is 4. The molecular formula is C12H15ClF3N3. The van der Waals surface area contributed by atoms with E-state index < -0.39 is 11.7 Å². The SMILES string of the molecule is CN(c1ncc(C(F)(F)F)cc1Cl)C1CCCNC1. The number of likely N-dealkylation sites (N-methyl/N-ethyl adjacent to an activating group) is 1. The number of aromatic nitrogens is 1. The molecule has 0 saturated carbocycles. The molecule has 2 heterocycles. The zero-order valence-corrected chi connectivity index (χ0v) is 11.2. The Labute approximate surface area is 114 Å². The summed E-state index contributed by atoms with van der Waals surface area (Å²) in [5.74, 6) is 0.392. The number of nitrogens with one attached hydrogen (secondary N) is 1. The highest BCUT2D eigenvalue weighted by molar-refractivity contribution is 6.33. The fourth-order valence-corrected chi connectivity index (χ4v) is 2.48. The molecule has 1 N–H and O–H groups in total. The van der Waals surface area contributed by atoms with Crippen LogP contribution in [0.4, 0.5) is 19.0 Å². The Morgan fingerprint density at radius 3 is 2.74 bits per heavy atom. The summed E-state index contributed by atoms with van der Waals surface area (Å²) < 4.78 is 37.6. The van der Waals surface area contributed by atoms with Gasteiger partial charge < -0.3 is 10.2 Å². The first kappa shape index (κ1) is 14.4. The Bertz CT molecular complexity index is 444. The molecule has 1 aromatic rings. The van der Waals surface area contributed by atoms with E-state index in [0.29, 0.717) is 5.82 Å². The van der Waals surface area contributed by atoms with Gasteiger partial charge in [-0.15, -0.1) is 0 Å². The number of alkyl halides is 3. The van der Waals surface area contributed by atoms with Crippen molar-refractivity contribution >= 4 is 17.4 Å². The summed E-state index contributed by atoms with van der Waals surface area (Å²) in [5.41, 5.74) is -0.823. The molecule has 19 heavy (non-hydrogen) atoms. The Morgan fingerprint density at radius 2 is 2.21 bits per heavy atom. The minimum Gasteiger partial charge on any atom is -0.354 e. The average Bonchev–Trinajstić information content (AvgIpc) is 2.38. The molecule has 0 spiro atoms.